The van der Waals surface area contributed by atoms with Crippen LogP contribution in [0, 0.1) is 11.6 Å². The highest BCUT2D eigenvalue weighted by molar-refractivity contribution is 6.19. The second kappa shape index (κ2) is 4.96. The molecule has 0 atom stereocenters. The fraction of sp³-hybridized carbons (Fsp3) is 0.200. The molecule has 1 aromatic carbocycles. The van der Waals surface area contributed by atoms with E-state index in [2.05, 4.69) is 6.58 Å². The van der Waals surface area contributed by atoms with Crippen LogP contribution in [0.3, 0.4) is 0 Å². The van der Waals surface area contributed by atoms with Gasteiger partial charge >= 0.3 is 0 Å². The summed E-state index contributed by atoms with van der Waals surface area (Å²) >= 11 is 5.43. The molecule has 0 aromatic heterocycles. The summed E-state index contributed by atoms with van der Waals surface area (Å²) in [7, 11) is 0. The van der Waals surface area contributed by atoms with Crippen molar-refractivity contribution in [3.05, 3.63) is 42.0 Å². The molecule has 0 aliphatic heterocycles. The lowest BCUT2D eigenvalue weighted by molar-refractivity contribution is 0.313. The highest BCUT2D eigenvalue weighted by Gasteiger charge is 2.09. The number of benzene rings is 1. The fourth-order valence-electron chi connectivity index (χ4n) is 0.833. The first kappa shape index (κ1) is 11.0. The van der Waals surface area contributed by atoms with Gasteiger partial charge in [-0.15, -0.1) is 11.6 Å². The molecule has 0 radical (unpaired) electrons. The minimum absolute atomic E-state index is 0.0152. The quantitative estimate of drug-likeness (QED) is 0.557. The van der Waals surface area contributed by atoms with Crippen LogP contribution in [0.1, 0.15) is 0 Å². The summed E-state index contributed by atoms with van der Waals surface area (Å²) in [5, 5.41) is 0. The summed E-state index contributed by atoms with van der Waals surface area (Å²) in [5.74, 6) is -1.64. The van der Waals surface area contributed by atoms with E-state index in [-0.39, 0.29) is 12.5 Å². The minimum Gasteiger partial charge on any atom is -0.483 e. The first-order valence-corrected chi connectivity index (χ1v) is 4.48. The van der Waals surface area contributed by atoms with Gasteiger partial charge in [-0.05, 0) is 17.7 Å². The van der Waals surface area contributed by atoms with Crippen LogP contribution in [0.15, 0.2) is 30.4 Å². The number of para-hydroxylation sites is 1. The molecule has 4 heteroatoms. The van der Waals surface area contributed by atoms with Crippen LogP contribution >= 0.6 is 11.6 Å². The maximum atomic E-state index is 13.0. The molecule has 0 aliphatic carbocycles. The third-order valence-corrected chi connectivity index (χ3v) is 1.91. The highest BCUT2D eigenvalue weighted by Crippen LogP contribution is 2.21. The first-order chi connectivity index (χ1) is 6.65. The molecule has 0 heterocycles. The highest BCUT2D eigenvalue weighted by atomic mass is 35.5. The molecule has 1 nitrogen and oxygen atoms in total. The molecule has 0 saturated carbocycles. The number of rotatable bonds is 4. The van der Waals surface area contributed by atoms with E-state index in [0.29, 0.717) is 5.57 Å². The van der Waals surface area contributed by atoms with E-state index in [1.165, 1.54) is 6.07 Å². The van der Waals surface area contributed by atoms with E-state index in [9.17, 15) is 8.78 Å². The van der Waals surface area contributed by atoms with Gasteiger partial charge in [0.25, 0.3) is 0 Å². The average molecular weight is 219 g/mol. The summed E-state index contributed by atoms with van der Waals surface area (Å²) < 4.78 is 30.8. The number of alkyl halides is 1. The van der Waals surface area contributed by atoms with E-state index in [1.807, 2.05) is 0 Å². The van der Waals surface area contributed by atoms with Crippen LogP contribution in [0.2, 0.25) is 0 Å². The third-order valence-electron chi connectivity index (χ3n) is 1.53. The Bertz CT molecular complexity index is 319. The lowest BCUT2D eigenvalue weighted by atomic mass is 10.3. The Morgan fingerprint density at radius 2 is 1.93 bits per heavy atom. The van der Waals surface area contributed by atoms with Gasteiger partial charge in [-0.1, -0.05) is 12.6 Å². The van der Waals surface area contributed by atoms with Crippen molar-refractivity contribution in [2.45, 2.75) is 0 Å². The van der Waals surface area contributed by atoms with Crippen molar-refractivity contribution in [3.63, 3.8) is 0 Å². The van der Waals surface area contributed by atoms with Crippen molar-refractivity contribution in [1.82, 2.24) is 0 Å². The van der Waals surface area contributed by atoms with E-state index in [4.69, 9.17) is 16.3 Å². The summed E-state index contributed by atoms with van der Waals surface area (Å²) in [4.78, 5) is 0. The largest absolute Gasteiger partial charge is 0.483 e. The van der Waals surface area contributed by atoms with E-state index in [1.54, 1.807) is 0 Å². The molecule has 0 saturated heterocycles. The van der Waals surface area contributed by atoms with Gasteiger partial charge in [-0.25, -0.2) is 8.78 Å². The lowest BCUT2D eigenvalue weighted by Gasteiger charge is -2.07. The van der Waals surface area contributed by atoms with Crippen LogP contribution in [0.4, 0.5) is 8.78 Å². The Hall–Kier alpha value is -1.09. The van der Waals surface area contributed by atoms with Crippen molar-refractivity contribution in [1.29, 1.82) is 0 Å². The summed E-state index contributed by atoms with van der Waals surface area (Å²) in [6, 6.07) is 3.53. The van der Waals surface area contributed by atoms with Crippen LogP contribution in [-0.4, -0.2) is 12.5 Å². The van der Waals surface area contributed by atoms with E-state index >= 15 is 0 Å². The van der Waals surface area contributed by atoms with Crippen molar-refractivity contribution >= 4 is 11.6 Å². The Morgan fingerprint density at radius 1 is 1.36 bits per heavy atom. The van der Waals surface area contributed by atoms with Crippen LogP contribution in [-0.2, 0) is 0 Å². The zero-order valence-corrected chi connectivity index (χ0v) is 8.15. The van der Waals surface area contributed by atoms with Crippen molar-refractivity contribution < 1.29 is 13.5 Å². The molecule has 14 heavy (non-hydrogen) atoms. The predicted octanol–water partition coefficient (Wildman–Crippen LogP) is 3.14. The van der Waals surface area contributed by atoms with Gasteiger partial charge in [0.1, 0.15) is 6.61 Å². The van der Waals surface area contributed by atoms with Gasteiger partial charge < -0.3 is 4.74 Å². The number of hydrogen-bond acceptors (Lipinski definition) is 1. The average Bonchev–Trinajstić information content (AvgIpc) is 2.16. The molecule has 0 fully saturated rings. The zero-order valence-electron chi connectivity index (χ0n) is 7.40. The van der Waals surface area contributed by atoms with E-state index < -0.39 is 17.4 Å². The molecule has 0 amide bonds. The molecule has 0 N–H and O–H groups in total. The normalized spacial score (nSPS) is 9.93. The van der Waals surface area contributed by atoms with Gasteiger partial charge in [-0.3, -0.25) is 0 Å². The molecule has 0 spiro atoms. The summed E-state index contributed by atoms with van der Waals surface area (Å²) in [6.45, 7) is 3.56. The maximum absolute atomic E-state index is 13.0. The molecular weight excluding hydrogens is 210 g/mol. The molecular formula is C10H9ClF2O. The minimum atomic E-state index is -0.729. The van der Waals surface area contributed by atoms with Gasteiger partial charge in [0.2, 0.25) is 0 Å². The fourth-order valence-corrected chi connectivity index (χ4v) is 0.910. The van der Waals surface area contributed by atoms with Crippen LogP contribution in [0.25, 0.3) is 0 Å². The Morgan fingerprint density at radius 3 is 2.43 bits per heavy atom. The molecule has 0 bridgehead atoms. The second-order valence-electron chi connectivity index (χ2n) is 2.72. The Kier molecular flexibility index (Phi) is 3.89. The van der Waals surface area contributed by atoms with Crippen molar-refractivity contribution in [3.8, 4) is 5.75 Å². The van der Waals surface area contributed by atoms with E-state index in [0.717, 1.165) is 12.1 Å². The van der Waals surface area contributed by atoms with Gasteiger partial charge in [0, 0.05) is 5.88 Å². The summed E-state index contributed by atoms with van der Waals surface area (Å²) in [6.07, 6.45) is 0. The molecule has 76 valence electrons. The standard InChI is InChI=1S/C10H9ClF2O/c1-7(5-11)6-14-10-8(12)3-2-4-9(10)13/h2-4H,1,5-6H2. The Labute approximate surface area is 85.9 Å². The first-order valence-electron chi connectivity index (χ1n) is 3.94. The Balaban J connectivity index is 2.71. The monoisotopic (exact) mass is 218 g/mol. The van der Waals surface area contributed by atoms with Crippen molar-refractivity contribution in [2.75, 3.05) is 12.5 Å². The number of halogens is 3. The lowest BCUT2D eigenvalue weighted by Crippen LogP contribution is -2.04. The molecule has 0 unspecified atom stereocenters. The van der Waals surface area contributed by atoms with Crippen LogP contribution < -0.4 is 4.74 Å². The smallest absolute Gasteiger partial charge is 0.191 e. The van der Waals surface area contributed by atoms with Gasteiger partial charge in [0.05, 0.1) is 0 Å². The second-order valence-corrected chi connectivity index (χ2v) is 2.99. The molecule has 1 rings (SSSR count). The third kappa shape index (κ3) is 2.70. The summed E-state index contributed by atoms with van der Waals surface area (Å²) in [5.41, 5.74) is 0.564. The molecule has 1 aromatic rings. The molecule has 0 aliphatic rings. The zero-order chi connectivity index (χ0) is 10.6. The van der Waals surface area contributed by atoms with Gasteiger partial charge in [-0.2, -0.15) is 0 Å². The van der Waals surface area contributed by atoms with Gasteiger partial charge in [0.15, 0.2) is 17.4 Å². The SMILES string of the molecule is C=C(CCl)COc1c(F)cccc1F. The van der Waals surface area contributed by atoms with Crippen molar-refractivity contribution in [2.24, 2.45) is 0 Å². The predicted molar refractivity (Wildman–Crippen MR) is 51.7 cm³/mol. The maximum Gasteiger partial charge on any atom is 0.191 e. The number of ether oxygens (including phenoxy) is 1. The van der Waals surface area contributed by atoms with Crippen LogP contribution in [0.5, 0.6) is 5.75 Å². The number of hydrogen-bond donors (Lipinski definition) is 0. The topological polar surface area (TPSA) is 9.23 Å².